The first-order valence-corrected chi connectivity index (χ1v) is 13.0. The minimum absolute atomic E-state index is 0.187. The SMILES string of the molecule is CN(C)CCCNCCC(CNC(=O)Nc1cc(Cl)cc(Cl)c1)c1ccc(-c2cccs2)cc1. The minimum Gasteiger partial charge on any atom is -0.337 e. The van der Waals surface area contributed by atoms with Gasteiger partial charge >= 0.3 is 6.03 Å². The molecule has 3 rings (SSSR count). The number of anilines is 1. The van der Waals surface area contributed by atoms with Crippen molar-refractivity contribution in [2.24, 2.45) is 0 Å². The Kier molecular flexibility index (Phi) is 10.7. The van der Waals surface area contributed by atoms with Gasteiger partial charge in [-0.2, -0.15) is 0 Å². The molecule has 0 aliphatic carbocycles. The molecule has 1 unspecified atom stereocenters. The van der Waals surface area contributed by atoms with Gasteiger partial charge in [-0.15, -0.1) is 11.3 Å². The number of thiophene rings is 1. The van der Waals surface area contributed by atoms with E-state index in [9.17, 15) is 4.79 Å². The Balaban J connectivity index is 1.59. The van der Waals surface area contributed by atoms with E-state index in [2.05, 4.69) is 76.7 Å². The quantitative estimate of drug-likeness (QED) is 0.238. The van der Waals surface area contributed by atoms with Gasteiger partial charge in [-0.1, -0.05) is 53.5 Å². The fourth-order valence-corrected chi connectivity index (χ4v) is 4.95. The monoisotopic (exact) mass is 518 g/mol. The van der Waals surface area contributed by atoms with E-state index in [1.54, 1.807) is 29.5 Å². The number of carbonyl (C=O) groups excluding carboxylic acids is 1. The summed E-state index contributed by atoms with van der Waals surface area (Å²) in [5, 5.41) is 12.4. The number of halogens is 2. The van der Waals surface area contributed by atoms with Gasteiger partial charge in [0.15, 0.2) is 0 Å². The number of hydrogen-bond acceptors (Lipinski definition) is 4. The zero-order valence-corrected chi connectivity index (χ0v) is 21.9. The molecule has 8 heteroatoms. The molecule has 182 valence electrons. The van der Waals surface area contributed by atoms with E-state index in [0.717, 1.165) is 32.5 Å². The van der Waals surface area contributed by atoms with Gasteiger partial charge in [0.2, 0.25) is 0 Å². The second-order valence-corrected chi connectivity index (χ2v) is 10.3. The van der Waals surface area contributed by atoms with Crippen molar-refractivity contribution in [1.82, 2.24) is 15.5 Å². The molecule has 2 aromatic carbocycles. The van der Waals surface area contributed by atoms with Crippen LogP contribution >= 0.6 is 34.5 Å². The van der Waals surface area contributed by atoms with E-state index in [-0.39, 0.29) is 11.9 Å². The van der Waals surface area contributed by atoms with Gasteiger partial charge in [0.25, 0.3) is 0 Å². The third kappa shape index (κ3) is 8.93. The van der Waals surface area contributed by atoms with Crippen molar-refractivity contribution in [3.8, 4) is 10.4 Å². The van der Waals surface area contributed by atoms with Crippen LogP contribution in [0, 0.1) is 0 Å². The van der Waals surface area contributed by atoms with E-state index in [1.807, 2.05) is 0 Å². The van der Waals surface area contributed by atoms with Crippen molar-refractivity contribution < 1.29 is 4.79 Å². The third-order valence-corrected chi connectivity index (χ3v) is 6.80. The van der Waals surface area contributed by atoms with Crippen LogP contribution in [-0.2, 0) is 0 Å². The first-order valence-electron chi connectivity index (χ1n) is 11.4. The lowest BCUT2D eigenvalue weighted by atomic mass is 9.94. The molecule has 0 radical (unpaired) electrons. The van der Waals surface area contributed by atoms with E-state index >= 15 is 0 Å². The molecule has 0 aliphatic heterocycles. The molecule has 1 aromatic heterocycles. The number of nitrogens with zero attached hydrogens (tertiary/aromatic N) is 1. The summed E-state index contributed by atoms with van der Waals surface area (Å²) in [5.74, 6) is 0.187. The number of carbonyl (C=O) groups is 1. The summed E-state index contributed by atoms with van der Waals surface area (Å²) in [6, 6.07) is 17.5. The van der Waals surface area contributed by atoms with Crippen LogP contribution < -0.4 is 16.0 Å². The smallest absolute Gasteiger partial charge is 0.319 e. The van der Waals surface area contributed by atoms with Crippen molar-refractivity contribution in [3.05, 3.63) is 75.6 Å². The first kappa shape index (κ1) is 26.5. The Morgan fingerprint density at radius 3 is 2.41 bits per heavy atom. The van der Waals surface area contributed by atoms with Crippen LogP contribution in [0.2, 0.25) is 10.0 Å². The van der Waals surface area contributed by atoms with Crippen molar-refractivity contribution >= 4 is 46.3 Å². The van der Waals surface area contributed by atoms with Gasteiger partial charge in [0.1, 0.15) is 0 Å². The predicted molar refractivity (Wildman–Crippen MR) is 147 cm³/mol. The molecule has 0 bridgehead atoms. The zero-order chi connectivity index (χ0) is 24.3. The standard InChI is InChI=1S/C26H32Cl2N4OS/c1-32(2)13-4-11-29-12-10-21(19-6-8-20(9-7-19)25-5-3-14-34-25)18-30-26(33)31-24-16-22(27)15-23(28)17-24/h3,5-9,14-17,21,29H,4,10-13,18H2,1-2H3,(H2,30,31,33). The molecule has 0 spiro atoms. The number of urea groups is 1. The second kappa shape index (κ2) is 13.7. The summed E-state index contributed by atoms with van der Waals surface area (Å²) >= 11 is 13.8. The Hall–Kier alpha value is -2.09. The average molecular weight is 520 g/mol. The first-order chi connectivity index (χ1) is 16.4. The highest BCUT2D eigenvalue weighted by molar-refractivity contribution is 7.13. The molecule has 3 aromatic rings. The highest BCUT2D eigenvalue weighted by Gasteiger charge is 2.14. The molecular formula is C26H32Cl2N4OS. The Morgan fingerprint density at radius 1 is 1.03 bits per heavy atom. The van der Waals surface area contributed by atoms with Crippen LogP contribution in [0.1, 0.15) is 24.3 Å². The summed E-state index contributed by atoms with van der Waals surface area (Å²) in [6.45, 7) is 3.46. The maximum absolute atomic E-state index is 12.5. The molecule has 0 fully saturated rings. The molecule has 3 N–H and O–H groups in total. The molecule has 0 aliphatic rings. The summed E-state index contributed by atoms with van der Waals surface area (Å²) in [5.41, 5.74) is 2.98. The number of hydrogen-bond donors (Lipinski definition) is 3. The largest absolute Gasteiger partial charge is 0.337 e. The highest BCUT2D eigenvalue weighted by atomic mass is 35.5. The molecule has 0 saturated carbocycles. The Bertz CT molecular complexity index is 1010. The zero-order valence-electron chi connectivity index (χ0n) is 19.6. The van der Waals surface area contributed by atoms with Crippen molar-refractivity contribution in [1.29, 1.82) is 0 Å². The molecular weight excluding hydrogens is 487 g/mol. The summed E-state index contributed by atoms with van der Waals surface area (Å²) in [6.07, 6.45) is 2.03. The van der Waals surface area contributed by atoms with Crippen molar-refractivity contribution in [2.45, 2.75) is 18.8 Å². The molecule has 1 atom stereocenters. The molecule has 34 heavy (non-hydrogen) atoms. The molecule has 2 amide bonds. The maximum atomic E-state index is 12.5. The molecule has 5 nitrogen and oxygen atoms in total. The number of amides is 2. The highest BCUT2D eigenvalue weighted by Crippen LogP contribution is 2.27. The summed E-state index contributed by atoms with van der Waals surface area (Å²) < 4.78 is 0. The Morgan fingerprint density at radius 2 is 1.76 bits per heavy atom. The fourth-order valence-electron chi connectivity index (χ4n) is 3.69. The number of benzene rings is 2. The Labute approximate surface area is 216 Å². The van der Waals surface area contributed by atoms with Crippen LogP contribution in [0.5, 0.6) is 0 Å². The van der Waals surface area contributed by atoms with Crippen LogP contribution in [0.15, 0.2) is 60.0 Å². The van der Waals surface area contributed by atoms with E-state index in [0.29, 0.717) is 22.3 Å². The van der Waals surface area contributed by atoms with Crippen LogP contribution in [0.3, 0.4) is 0 Å². The third-order valence-electron chi connectivity index (χ3n) is 5.45. The predicted octanol–water partition coefficient (Wildman–Crippen LogP) is 6.56. The van der Waals surface area contributed by atoms with Crippen molar-refractivity contribution in [3.63, 3.8) is 0 Å². The van der Waals surface area contributed by atoms with Crippen LogP contribution in [0.25, 0.3) is 10.4 Å². The van der Waals surface area contributed by atoms with E-state index < -0.39 is 0 Å². The van der Waals surface area contributed by atoms with E-state index in [1.165, 1.54) is 16.0 Å². The average Bonchev–Trinajstić information content (AvgIpc) is 3.32. The normalized spacial score (nSPS) is 12.0. The lowest BCUT2D eigenvalue weighted by Crippen LogP contribution is -2.33. The second-order valence-electron chi connectivity index (χ2n) is 8.48. The topological polar surface area (TPSA) is 56.4 Å². The van der Waals surface area contributed by atoms with Gasteiger partial charge in [-0.25, -0.2) is 4.79 Å². The summed E-state index contributed by atoms with van der Waals surface area (Å²) in [4.78, 5) is 16.0. The summed E-state index contributed by atoms with van der Waals surface area (Å²) in [7, 11) is 4.17. The van der Waals surface area contributed by atoms with Gasteiger partial charge < -0.3 is 20.9 Å². The van der Waals surface area contributed by atoms with E-state index in [4.69, 9.17) is 23.2 Å². The maximum Gasteiger partial charge on any atom is 0.319 e. The lowest BCUT2D eigenvalue weighted by molar-refractivity contribution is 0.251. The van der Waals surface area contributed by atoms with Crippen molar-refractivity contribution in [2.75, 3.05) is 45.6 Å². The van der Waals surface area contributed by atoms with Gasteiger partial charge in [-0.05, 0) is 87.3 Å². The van der Waals surface area contributed by atoms with Gasteiger partial charge in [0, 0.05) is 33.1 Å². The number of nitrogens with one attached hydrogen (secondary N) is 3. The fraction of sp³-hybridized carbons (Fsp3) is 0.346. The minimum atomic E-state index is -0.280. The van der Waals surface area contributed by atoms with Gasteiger partial charge in [0.05, 0.1) is 0 Å². The van der Waals surface area contributed by atoms with Gasteiger partial charge in [-0.3, -0.25) is 0 Å². The molecule has 0 saturated heterocycles. The molecule has 1 heterocycles. The lowest BCUT2D eigenvalue weighted by Gasteiger charge is -2.19. The number of rotatable bonds is 12. The van der Waals surface area contributed by atoms with Crippen LogP contribution in [0.4, 0.5) is 10.5 Å². The van der Waals surface area contributed by atoms with Crippen LogP contribution in [-0.4, -0.2) is 51.2 Å².